The normalized spacial score (nSPS) is 18.3. The summed E-state index contributed by atoms with van der Waals surface area (Å²) in [7, 11) is 0. The Hall–Kier alpha value is -2.93. The molecule has 0 fully saturated rings. The molecule has 2 aliphatic heterocycles. The van der Waals surface area contributed by atoms with Gasteiger partial charge in [-0.1, -0.05) is 41.6 Å². The third kappa shape index (κ3) is 2.20. The van der Waals surface area contributed by atoms with E-state index in [4.69, 9.17) is 17.3 Å². The van der Waals surface area contributed by atoms with E-state index in [-0.39, 0.29) is 27.6 Å². The molecule has 126 valence electrons. The third-order valence-corrected chi connectivity index (χ3v) is 5.86. The van der Waals surface area contributed by atoms with Crippen LogP contribution in [0.2, 0.25) is 5.02 Å². The van der Waals surface area contributed by atoms with Crippen molar-refractivity contribution in [2.24, 2.45) is 5.73 Å². The molecule has 0 aliphatic carbocycles. The fourth-order valence-corrected chi connectivity index (χ4v) is 4.70. The number of nitrogens with two attached hydrogens (primary N) is 1. The molecule has 1 atom stereocenters. The lowest BCUT2D eigenvalue weighted by molar-refractivity contribution is 0.605. The standard InChI is InChI=1S/C19H10ClFN4S/c20-12-4-3-5-13(21)17(12)16-10(8-22)18(24)25-14-6-1-2-7-15(14)26-19(25)11(16)9-23/h1-7,16H,24H2/t16-/m0/s1. The molecule has 0 saturated carbocycles. The van der Waals surface area contributed by atoms with E-state index in [9.17, 15) is 14.9 Å². The van der Waals surface area contributed by atoms with E-state index in [2.05, 4.69) is 12.1 Å². The number of nitriles is 2. The van der Waals surface area contributed by atoms with Crippen molar-refractivity contribution in [3.05, 3.63) is 80.9 Å². The van der Waals surface area contributed by atoms with Crippen LogP contribution >= 0.6 is 23.4 Å². The number of fused-ring (bicyclic) bond motifs is 3. The van der Waals surface area contributed by atoms with Gasteiger partial charge in [-0.3, -0.25) is 4.90 Å². The second-order valence-corrected chi connectivity index (χ2v) is 7.15. The van der Waals surface area contributed by atoms with E-state index < -0.39 is 11.7 Å². The Kier molecular flexibility index (Phi) is 3.88. The number of para-hydroxylation sites is 1. The number of benzene rings is 2. The Morgan fingerprint density at radius 2 is 1.81 bits per heavy atom. The lowest BCUT2D eigenvalue weighted by Crippen LogP contribution is -2.32. The number of halogens is 2. The number of nitrogens with zero attached hydrogens (tertiary/aromatic N) is 3. The molecule has 2 N–H and O–H groups in total. The molecule has 0 unspecified atom stereocenters. The molecule has 2 aliphatic rings. The maximum absolute atomic E-state index is 14.6. The quantitative estimate of drug-likeness (QED) is 0.781. The van der Waals surface area contributed by atoms with Gasteiger partial charge in [0, 0.05) is 15.5 Å². The first-order valence-corrected chi connectivity index (χ1v) is 8.82. The first-order valence-electron chi connectivity index (χ1n) is 7.63. The van der Waals surface area contributed by atoms with E-state index >= 15 is 0 Å². The molecule has 0 radical (unpaired) electrons. The number of anilines is 1. The van der Waals surface area contributed by atoms with Crippen molar-refractivity contribution in [2.45, 2.75) is 10.8 Å². The maximum atomic E-state index is 14.6. The fourth-order valence-electron chi connectivity index (χ4n) is 3.25. The molecule has 0 bridgehead atoms. The molecule has 26 heavy (non-hydrogen) atoms. The Morgan fingerprint density at radius 3 is 2.50 bits per heavy atom. The zero-order valence-electron chi connectivity index (χ0n) is 13.2. The van der Waals surface area contributed by atoms with Gasteiger partial charge in [0.1, 0.15) is 16.7 Å². The fraction of sp³-hybridized carbons (Fsp3) is 0.0526. The molecular formula is C19H10ClFN4S. The minimum Gasteiger partial charge on any atom is -0.384 e. The van der Waals surface area contributed by atoms with Gasteiger partial charge in [0.25, 0.3) is 0 Å². The molecule has 0 amide bonds. The van der Waals surface area contributed by atoms with Crippen molar-refractivity contribution in [1.82, 2.24) is 0 Å². The van der Waals surface area contributed by atoms with Crippen LogP contribution in [0.25, 0.3) is 0 Å². The second-order valence-electron chi connectivity index (χ2n) is 5.71. The summed E-state index contributed by atoms with van der Waals surface area (Å²) in [6.07, 6.45) is 0. The van der Waals surface area contributed by atoms with Gasteiger partial charge in [-0.2, -0.15) is 10.5 Å². The Morgan fingerprint density at radius 1 is 1.08 bits per heavy atom. The largest absolute Gasteiger partial charge is 0.384 e. The summed E-state index contributed by atoms with van der Waals surface area (Å²) in [5, 5.41) is 20.3. The third-order valence-electron chi connectivity index (χ3n) is 4.37. The monoisotopic (exact) mass is 380 g/mol. The van der Waals surface area contributed by atoms with Crippen LogP contribution in [0.15, 0.2) is 69.4 Å². The van der Waals surface area contributed by atoms with E-state index in [0.29, 0.717) is 5.03 Å². The van der Waals surface area contributed by atoms with Gasteiger partial charge in [-0.25, -0.2) is 4.39 Å². The number of rotatable bonds is 1. The molecule has 2 heterocycles. The van der Waals surface area contributed by atoms with Crippen LogP contribution in [-0.4, -0.2) is 0 Å². The van der Waals surface area contributed by atoms with Crippen LogP contribution in [-0.2, 0) is 0 Å². The van der Waals surface area contributed by atoms with Crippen LogP contribution in [0.4, 0.5) is 10.1 Å². The Bertz CT molecular complexity index is 1070. The lowest BCUT2D eigenvalue weighted by Gasteiger charge is -2.32. The Labute approximate surface area is 158 Å². The second kappa shape index (κ2) is 6.10. The zero-order valence-corrected chi connectivity index (χ0v) is 14.8. The molecule has 2 aromatic carbocycles. The van der Waals surface area contributed by atoms with Crippen LogP contribution in [0.3, 0.4) is 0 Å². The average Bonchev–Trinajstić information content (AvgIpc) is 3.01. The smallest absolute Gasteiger partial charge is 0.128 e. The molecule has 2 aromatic rings. The first kappa shape index (κ1) is 16.5. The zero-order chi connectivity index (χ0) is 18.4. The summed E-state index contributed by atoms with van der Waals surface area (Å²) >= 11 is 7.60. The number of thioether (sulfide) groups is 1. The summed E-state index contributed by atoms with van der Waals surface area (Å²) in [6.45, 7) is 0. The number of hydrogen-bond donors (Lipinski definition) is 1. The van der Waals surface area contributed by atoms with Crippen LogP contribution in [0.1, 0.15) is 11.5 Å². The van der Waals surface area contributed by atoms with Crippen molar-refractivity contribution in [1.29, 1.82) is 10.5 Å². The maximum Gasteiger partial charge on any atom is 0.128 e. The summed E-state index contributed by atoms with van der Waals surface area (Å²) in [4.78, 5) is 2.60. The van der Waals surface area contributed by atoms with Crippen LogP contribution in [0, 0.1) is 28.5 Å². The van der Waals surface area contributed by atoms with E-state index in [1.165, 1.54) is 30.0 Å². The highest BCUT2D eigenvalue weighted by Gasteiger charge is 2.42. The van der Waals surface area contributed by atoms with Crippen molar-refractivity contribution >= 4 is 29.1 Å². The first-order chi connectivity index (χ1) is 12.6. The summed E-state index contributed by atoms with van der Waals surface area (Å²) in [5.74, 6) is -1.33. The average molecular weight is 381 g/mol. The van der Waals surface area contributed by atoms with Crippen molar-refractivity contribution in [3.8, 4) is 12.1 Å². The number of hydrogen-bond acceptors (Lipinski definition) is 5. The van der Waals surface area contributed by atoms with E-state index in [0.717, 1.165) is 10.6 Å². The highest BCUT2D eigenvalue weighted by Crippen LogP contribution is 2.54. The lowest BCUT2D eigenvalue weighted by atomic mass is 9.83. The molecular weight excluding hydrogens is 371 g/mol. The van der Waals surface area contributed by atoms with Gasteiger partial charge >= 0.3 is 0 Å². The van der Waals surface area contributed by atoms with Gasteiger partial charge < -0.3 is 5.73 Å². The molecule has 0 saturated heterocycles. The molecule has 7 heteroatoms. The van der Waals surface area contributed by atoms with Crippen molar-refractivity contribution in [3.63, 3.8) is 0 Å². The summed E-state index contributed by atoms with van der Waals surface area (Å²) < 4.78 is 14.6. The van der Waals surface area contributed by atoms with Crippen LogP contribution in [0.5, 0.6) is 0 Å². The molecule has 0 spiro atoms. The summed E-state index contributed by atoms with van der Waals surface area (Å²) in [6, 6.07) is 16.0. The van der Waals surface area contributed by atoms with Crippen molar-refractivity contribution < 1.29 is 4.39 Å². The predicted molar refractivity (Wildman–Crippen MR) is 98.4 cm³/mol. The highest BCUT2D eigenvalue weighted by atomic mass is 35.5. The predicted octanol–water partition coefficient (Wildman–Crippen LogP) is 4.62. The molecule has 0 aromatic heterocycles. The van der Waals surface area contributed by atoms with Gasteiger partial charge in [0.2, 0.25) is 0 Å². The van der Waals surface area contributed by atoms with Gasteiger partial charge in [-0.15, -0.1) is 0 Å². The Balaban J connectivity index is 2.03. The topological polar surface area (TPSA) is 76.8 Å². The van der Waals surface area contributed by atoms with Gasteiger partial charge in [0.15, 0.2) is 0 Å². The van der Waals surface area contributed by atoms with E-state index in [1.54, 1.807) is 4.90 Å². The van der Waals surface area contributed by atoms with Crippen molar-refractivity contribution in [2.75, 3.05) is 4.90 Å². The molecule has 4 rings (SSSR count). The van der Waals surface area contributed by atoms with E-state index in [1.807, 2.05) is 24.3 Å². The van der Waals surface area contributed by atoms with Gasteiger partial charge in [-0.05, 0) is 24.3 Å². The minimum atomic E-state index is -0.938. The SMILES string of the molecule is N#CC1=C(N)N2C(=C(C#N)[C@H]1c1c(F)cccc1Cl)Sc1ccccc12. The number of allylic oxidation sites excluding steroid dienone is 2. The minimum absolute atomic E-state index is 0.0916. The molecule has 4 nitrogen and oxygen atoms in total. The highest BCUT2D eigenvalue weighted by molar-refractivity contribution is 8.03. The van der Waals surface area contributed by atoms with Gasteiger partial charge in [0.05, 0.1) is 34.9 Å². The summed E-state index contributed by atoms with van der Waals surface area (Å²) in [5.41, 5.74) is 7.54. The van der Waals surface area contributed by atoms with Crippen LogP contribution < -0.4 is 10.6 Å².